The minimum atomic E-state index is -0.121. The lowest BCUT2D eigenvalue weighted by molar-refractivity contribution is 0.0941. The van der Waals surface area contributed by atoms with E-state index < -0.39 is 0 Å². The molecule has 1 atom stereocenters. The lowest BCUT2D eigenvalue weighted by Crippen LogP contribution is -2.27. The second-order valence-corrected chi connectivity index (χ2v) is 10.6. The van der Waals surface area contributed by atoms with Crippen molar-refractivity contribution < 1.29 is 4.79 Å². The molecule has 0 aliphatic carbocycles. The summed E-state index contributed by atoms with van der Waals surface area (Å²) < 4.78 is 0.916. The van der Waals surface area contributed by atoms with Crippen molar-refractivity contribution in [1.82, 2.24) is 10.3 Å². The molecule has 0 fully saturated rings. The maximum Gasteiger partial charge on any atom is 0.252 e. The van der Waals surface area contributed by atoms with Crippen LogP contribution in [0.25, 0.3) is 22.2 Å². The van der Waals surface area contributed by atoms with E-state index in [0.717, 1.165) is 32.2 Å². The highest BCUT2D eigenvalue weighted by atomic mass is 79.9. The van der Waals surface area contributed by atoms with Gasteiger partial charge in [-0.15, -0.1) is 0 Å². The molecule has 1 aromatic heterocycles. The van der Waals surface area contributed by atoms with Crippen molar-refractivity contribution in [1.29, 1.82) is 0 Å². The summed E-state index contributed by atoms with van der Waals surface area (Å²) >= 11 is 3.54. The van der Waals surface area contributed by atoms with Crippen LogP contribution in [0.3, 0.4) is 0 Å². The Bertz CT molecular complexity index is 1300. The molecule has 0 spiro atoms. The fourth-order valence-electron chi connectivity index (χ4n) is 3.89. The first-order valence-electron chi connectivity index (χ1n) is 11.2. The molecule has 3 aromatic carbocycles. The van der Waals surface area contributed by atoms with Crippen LogP contribution < -0.4 is 5.32 Å². The molecule has 0 bridgehead atoms. The van der Waals surface area contributed by atoms with Crippen LogP contribution in [0, 0.1) is 6.92 Å². The number of aryl methyl sites for hydroxylation is 1. The summed E-state index contributed by atoms with van der Waals surface area (Å²) in [6.07, 6.45) is 0. The zero-order chi connectivity index (χ0) is 23.8. The topological polar surface area (TPSA) is 42.0 Å². The van der Waals surface area contributed by atoms with Crippen molar-refractivity contribution in [3.63, 3.8) is 0 Å². The van der Waals surface area contributed by atoms with E-state index in [-0.39, 0.29) is 17.4 Å². The van der Waals surface area contributed by atoms with Crippen molar-refractivity contribution in [3.8, 4) is 11.3 Å². The molecule has 168 valence electrons. The van der Waals surface area contributed by atoms with Crippen molar-refractivity contribution in [2.45, 2.75) is 46.1 Å². The third kappa shape index (κ3) is 5.17. The molecule has 0 unspecified atom stereocenters. The van der Waals surface area contributed by atoms with Gasteiger partial charge in [-0.25, -0.2) is 4.98 Å². The molecule has 1 N–H and O–H groups in total. The van der Waals surface area contributed by atoms with Crippen LogP contribution in [0.2, 0.25) is 0 Å². The number of pyridine rings is 1. The van der Waals surface area contributed by atoms with Gasteiger partial charge in [-0.3, -0.25) is 4.79 Å². The van der Waals surface area contributed by atoms with Crippen LogP contribution in [0.15, 0.2) is 77.3 Å². The van der Waals surface area contributed by atoms with Gasteiger partial charge in [-0.1, -0.05) is 90.8 Å². The Morgan fingerprint density at radius 3 is 2.24 bits per heavy atom. The lowest BCUT2D eigenvalue weighted by atomic mass is 9.86. The second-order valence-electron chi connectivity index (χ2n) is 9.65. The second kappa shape index (κ2) is 9.11. The van der Waals surface area contributed by atoms with Crippen LogP contribution in [0.5, 0.6) is 0 Å². The van der Waals surface area contributed by atoms with E-state index in [4.69, 9.17) is 4.98 Å². The van der Waals surface area contributed by atoms with E-state index in [9.17, 15) is 4.79 Å². The lowest BCUT2D eigenvalue weighted by Gasteiger charge is -2.21. The number of nitrogens with one attached hydrogen (secondary N) is 1. The number of benzene rings is 3. The molecule has 1 heterocycles. The van der Waals surface area contributed by atoms with E-state index in [1.807, 2.05) is 43.3 Å². The van der Waals surface area contributed by atoms with Crippen LogP contribution in [-0.2, 0) is 5.41 Å². The SMILES string of the molecule is Cc1ccc(-c2cc(C(=O)N[C@H](C)c3ccc(C(C)(C)C)cc3)c3cc(Br)ccc3n2)cc1. The van der Waals surface area contributed by atoms with Crippen molar-refractivity contribution in [2.24, 2.45) is 0 Å². The maximum absolute atomic E-state index is 13.5. The van der Waals surface area contributed by atoms with Gasteiger partial charge in [-0.2, -0.15) is 0 Å². The molecule has 33 heavy (non-hydrogen) atoms. The number of carbonyl (C=O) groups is 1. The highest BCUT2D eigenvalue weighted by Gasteiger charge is 2.18. The number of hydrogen-bond acceptors (Lipinski definition) is 2. The molecule has 0 saturated heterocycles. The molecule has 0 radical (unpaired) electrons. The molecule has 1 amide bonds. The van der Waals surface area contributed by atoms with Gasteiger partial charge in [0.15, 0.2) is 0 Å². The Kier molecular flexibility index (Phi) is 6.40. The van der Waals surface area contributed by atoms with Crippen molar-refractivity contribution in [2.75, 3.05) is 0 Å². The monoisotopic (exact) mass is 500 g/mol. The van der Waals surface area contributed by atoms with Gasteiger partial charge in [0.1, 0.15) is 0 Å². The van der Waals surface area contributed by atoms with E-state index in [0.29, 0.717) is 5.56 Å². The number of halogens is 1. The predicted molar refractivity (Wildman–Crippen MR) is 141 cm³/mol. The number of aromatic nitrogens is 1. The molecule has 0 aliphatic rings. The van der Waals surface area contributed by atoms with Gasteiger partial charge >= 0.3 is 0 Å². The van der Waals surface area contributed by atoms with E-state index >= 15 is 0 Å². The first-order chi connectivity index (χ1) is 15.6. The number of hydrogen-bond donors (Lipinski definition) is 1. The quantitative estimate of drug-likeness (QED) is 0.311. The summed E-state index contributed by atoms with van der Waals surface area (Å²) in [7, 11) is 0. The molecular weight excluding hydrogens is 472 g/mol. The average Bonchev–Trinajstić information content (AvgIpc) is 2.78. The Morgan fingerprint density at radius 1 is 0.939 bits per heavy atom. The fourth-order valence-corrected chi connectivity index (χ4v) is 4.25. The maximum atomic E-state index is 13.5. The van der Waals surface area contributed by atoms with Gasteiger partial charge < -0.3 is 5.32 Å². The summed E-state index contributed by atoms with van der Waals surface area (Å²) in [5.74, 6) is -0.110. The summed E-state index contributed by atoms with van der Waals surface area (Å²) in [6, 6.07) is 24.3. The van der Waals surface area contributed by atoms with Gasteiger partial charge in [0, 0.05) is 15.4 Å². The largest absolute Gasteiger partial charge is 0.345 e. The highest BCUT2D eigenvalue weighted by molar-refractivity contribution is 9.10. The zero-order valence-corrected chi connectivity index (χ0v) is 21.3. The first-order valence-corrected chi connectivity index (χ1v) is 12.0. The molecular formula is C29H29BrN2O. The van der Waals surface area contributed by atoms with Gasteiger partial charge in [-0.05, 0) is 54.7 Å². The molecule has 3 nitrogen and oxygen atoms in total. The highest BCUT2D eigenvalue weighted by Crippen LogP contribution is 2.29. The number of fused-ring (bicyclic) bond motifs is 1. The average molecular weight is 501 g/mol. The number of amides is 1. The van der Waals surface area contributed by atoms with Crippen LogP contribution in [-0.4, -0.2) is 10.9 Å². The van der Waals surface area contributed by atoms with E-state index in [1.54, 1.807) is 0 Å². The standard InChI is InChI=1S/C29H29BrN2O/c1-18-6-8-21(9-7-18)27-17-25(24-16-23(30)14-15-26(24)32-27)28(33)31-19(2)20-10-12-22(13-11-20)29(3,4)5/h6-17,19H,1-5H3,(H,31,33)/t19-/m1/s1. The first kappa shape index (κ1) is 23.2. The predicted octanol–water partition coefficient (Wildman–Crippen LogP) is 7.76. The van der Waals surface area contributed by atoms with E-state index in [2.05, 4.69) is 85.3 Å². The summed E-state index contributed by atoms with van der Waals surface area (Å²) in [4.78, 5) is 18.3. The zero-order valence-electron chi connectivity index (χ0n) is 19.7. The van der Waals surface area contributed by atoms with Crippen LogP contribution in [0.4, 0.5) is 0 Å². The summed E-state index contributed by atoms with van der Waals surface area (Å²) in [6.45, 7) is 10.7. The van der Waals surface area contributed by atoms with E-state index in [1.165, 1.54) is 11.1 Å². The molecule has 0 saturated carbocycles. The Labute approximate surface area is 204 Å². The molecule has 0 aliphatic heterocycles. The minimum absolute atomic E-state index is 0.0980. The van der Waals surface area contributed by atoms with Gasteiger partial charge in [0.25, 0.3) is 5.91 Å². The number of nitrogens with zero attached hydrogens (tertiary/aromatic N) is 1. The number of rotatable bonds is 4. The number of carbonyl (C=O) groups excluding carboxylic acids is 1. The van der Waals surface area contributed by atoms with Crippen LogP contribution in [0.1, 0.15) is 60.8 Å². The van der Waals surface area contributed by atoms with Gasteiger partial charge in [0.2, 0.25) is 0 Å². The Balaban J connectivity index is 1.69. The summed E-state index contributed by atoms with van der Waals surface area (Å²) in [5.41, 5.74) is 6.83. The van der Waals surface area contributed by atoms with Crippen molar-refractivity contribution in [3.05, 3.63) is 99.5 Å². The normalized spacial score (nSPS) is 12.5. The molecule has 4 rings (SSSR count). The smallest absolute Gasteiger partial charge is 0.252 e. The van der Waals surface area contributed by atoms with Gasteiger partial charge in [0.05, 0.1) is 22.8 Å². The molecule has 4 aromatic rings. The molecule has 4 heteroatoms. The Hall–Kier alpha value is -2.98. The van der Waals surface area contributed by atoms with Crippen molar-refractivity contribution >= 4 is 32.7 Å². The minimum Gasteiger partial charge on any atom is -0.345 e. The fraction of sp³-hybridized carbons (Fsp3) is 0.241. The third-order valence-corrected chi connectivity index (χ3v) is 6.48. The van der Waals surface area contributed by atoms with Crippen LogP contribution >= 0.6 is 15.9 Å². The summed E-state index contributed by atoms with van der Waals surface area (Å²) in [5, 5.41) is 4.01. The third-order valence-electron chi connectivity index (χ3n) is 5.99. The Morgan fingerprint density at radius 2 is 1.61 bits per heavy atom.